The molecule has 0 bridgehead atoms. The van der Waals surface area contributed by atoms with Crippen LogP contribution >= 0.6 is 0 Å². The van der Waals surface area contributed by atoms with Gasteiger partial charge in [0.05, 0.1) is 0 Å². The number of rotatable bonds is 2. The Bertz CT molecular complexity index is 258. The predicted molar refractivity (Wildman–Crippen MR) is 73.1 cm³/mol. The van der Waals surface area contributed by atoms with Crippen LogP contribution < -0.4 is 0 Å². The van der Waals surface area contributed by atoms with Crippen LogP contribution in [0.4, 0.5) is 0 Å². The average Bonchev–Trinajstić information content (AvgIpc) is 2.32. The van der Waals surface area contributed by atoms with Crippen LogP contribution in [0.25, 0.3) is 6.08 Å². The van der Waals surface area contributed by atoms with E-state index in [1.807, 2.05) is 32.9 Å². The van der Waals surface area contributed by atoms with Crippen LogP contribution in [0.15, 0.2) is 43.5 Å². The Morgan fingerprint density at radius 3 is 1.93 bits per heavy atom. The summed E-state index contributed by atoms with van der Waals surface area (Å²) in [7, 11) is 0. The minimum Gasteiger partial charge on any atom is -0.103 e. The summed E-state index contributed by atoms with van der Waals surface area (Å²) in [5.74, 6) is 0. The van der Waals surface area contributed by atoms with Gasteiger partial charge in [0, 0.05) is 0 Å². The Labute approximate surface area is 95.3 Å². The Kier molecular flexibility index (Phi) is 13.7. The molecule has 0 heterocycles. The zero-order chi connectivity index (χ0) is 12.1. The highest BCUT2D eigenvalue weighted by Crippen LogP contribution is 2.09. The summed E-state index contributed by atoms with van der Waals surface area (Å²) < 4.78 is 0. The molecule has 1 rings (SSSR count). The van der Waals surface area contributed by atoms with Crippen molar-refractivity contribution >= 4 is 6.08 Å². The molecule has 0 aliphatic carbocycles. The molecular formula is C15H24. The number of benzene rings is 1. The molecular weight excluding hydrogens is 180 g/mol. The van der Waals surface area contributed by atoms with E-state index in [0.29, 0.717) is 0 Å². The maximum atomic E-state index is 3.74. The molecule has 0 amide bonds. The molecule has 1 aromatic rings. The second-order valence-electron chi connectivity index (χ2n) is 2.66. The van der Waals surface area contributed by atoms with E-state index in [9.17, 15) is 0 Å². The van der Waals surface area contributed by atoms with Crippen LogP contribution in [0.2, 0.25) is 0 Å². The molecule has 0 aliphatic rings. The van der Waals surface area contributed by atoms with Crippen LogP contribution in [0.3, 0.4) is 0 Å². The first-order chi connectivity index (χ1) is 7.29. The summed E-state index contributed by atoms with van der Waals surface area (Å²) in [5, 5.41) is 0. The van der Waals surface area contributed by atoms with Crippen molar-refractivity contribution in [3.05, 3.63) is 54.6 Å². The van der Waals surface area contributed by atoms with Crippen molar-refractivity contribution < 1.29 is 0 Å². The van der Waals surface area contributed by atoms with Gasteiger partial charge in [-0.05, 0) is 24.5 Å². The Balaban J connectivity index is 0. The number of hydrogen-bond acceptors (Lipinski definition) is 0. The first-order valence-electron chi connectivity index (χ1n) is 5.57. The molecule has 0 atom stereocenters. The Morgan fingerprint density at radius 2 is 1.60 bits per heavy atom. The molecule has 0 spiro atoms. The van der Waals surface area contributed by atoms with Gasteiger partial charge in [0.1, 0.15) is 0 Å². The van der Waals surface area contributed by atoms with Crippen molar-refractivity contribution in [2.45, 2.75) is 34.1 Å². The zero-order valence-electron chi connectivity index (χ0n) is 10.6. The smallest absolute Gasteiger partial charge is 0.0231 e. The summed E-state index contributed by atoms with van der Waals surface area (Å²) in [6, 6.07) is 8.32. The first kappa shape index (κ1) is 16.1. The lowest BCUT2D eigenvalue weighted by Gasteiger charge is -1.99. The molecule has 0 fully saturated rings. The molecule has 0 heteroatoms. The summed E-state index contributed by atoms with van der Waals surface area (Å²) in [6.07, 6.45) is 4.74. The van der Waals surface area contributed by atoms with Crippen molar-refractivity contribution in [1.82, 2.24) is 0 Å². The lowest BCUT2D eigenvalue weighted by molar-refractivity contribution is 1.13. The lowest BCUT2D eigenvalue weighted by atomic mass is 10.1. The lowest BCUT2D eigenvalue weighted by Crippen LogP contribution is -1.83. The quantitative estimate of drug-likeness (QED) is 0.587. The molecule has 0 nitrogen and oxygen atoms in total. The van der Waals surface area contributed by atoms with Crippen molar-refractivity contribution in [3.63, 3.8) is 0 Å². The van der Waals surface area contributed by atoms with E-state index < -0.39 is 0 Å². The van der Waals surface area contributed by atoms with Gasteiger partial charge in [0.2, 0.25) is 0 Å². The second-order valence-corrected chi connectivity index (χ2v) is 2.66. The van der Waals surface area contributed by atoms with E-state index in [4.69, 9.17) is 0 Å². The molecule has 0 saturated carbocycles. The van der Waals surface area contributed by atoms with Crippen LogP contribution in [0.5, 0.6) is 0 Å². The molecule has 0 N–H and O–H groups in total. The van der Waals surface area contributed by atoms with Gasteiger partial charge < -0.3 is 0 Å². The fourth-order valence-corrected chi connectivity index (χ4v) is 1.06. The van der Waals surface area contributed by atoms with Gasteiger partial charge >= 0.3 is 0 Å². The largest absolute Gasteiger partial charge is 0.103 e. The Morgan fingerprint density at radius 1 is 1.13 bits per heavy atom. The van der Waals surface area contributed by atoms with Gasteiger partial charge in [0.15, 0.2) is 0 Å². The second kappa shape index (κ2) is 12.7. The van der Waals surface area contributed by atoms with Gasteiger partial charge in [-0.2, -0.15) is 0 Å². The SMILES string of the molecule is C=CC.C=Cc1ccccc1CC.CC. The van der Waals surface area contributed by atoms with Crippen LogP contribution in [-0.4, -0.2) is 0 Å². The monoisotopic (exact) mass is 204 g/mol. The summed E-state index contributed by atoms with van der Waals surface area (Å²) in [4.78, 5) is 0. The van der Waals surface area contributed by atoms with E-state index in [2.05, 4.69) is 38.3 Å². The maximum Gasteiger partial charge on any atom is -0.0231 e. The third kappa shape index (κ3) is 7.75. The highest BCUT2D eigenvalue weighted by atomic mass is 14.0. The zero-order valence-corrected chi connectivity index (χ0v) is 10.6. The van der Waals surface area contributed by atoms with Gasteiger partial charge in [-0.3, -0.25) is 0 Å². The van der Waals surface area contributed by atoms with E-state index in [1.54, 1.807) is 6.08 Å². The predicted octanol–water partition coefficient (Wildman–Crippen LogP) is 5.11. The number of allylic oxidation sites excluding steroid dienone is 1. The molecule has 0 unspecified atom stereocenters. The summed E-state index contributed by atoms with van der Waals surface area (Å²) in [6.45, 7) is 15.1. The average molecular weight is 204 g/mol. The summed E-state index contributed by atoms with van der Waals surface area (Å²) >= 11 is 0. The fraction of sp³-hybridized carbons (Fsp3) is 0.333. The minimum absolute atomic E-state index is 1.09. The standard InChI is InChI=1S/C10H12.C3H6.C2H6/c1-3-9-7-5-6-8-10(9)4-2;1-3-2;1-2/h3,5-8H,1,4H2,2H3;3H,1H2,2H3;1-2H3. The van der Waals surface area contributed by atoms with Crippen molar-refractivity contribution in [2.75, 3.05) is 0 Å². The first-order valence-corrected chi connectivity index (χ1v) is 5.57. The van der Waals surface area contributed by atoms with Crippen LogP contribution in [0, 0.1) is 0 Å². The minimum atomic E-state index is 1.09. The molecule has 0 aliphatic heterocycles. The van der Waals surface area contributed by atoms with E-state index in [-0.39, 0.29) is 0 Å². The highest BCUT2D eigenvalue weighted by molar-refractivity contribution is 5.51. The molecule has 0 saturated heterocycles. The molecule has 1 aromatic carbocycles. The number of aryl methyl sites for hydroxylation is 1. The molecule has 0 aromatic heterocycles. The van der Waals surface area contributed by atoms with Crippen LogP contribution in [-0.2, 0) is 6.42 Å². The third-order valence-electron chi connectivity index (χ3n) is 1.66. The molecule has 84 valence electrons. The van der Waals surface area contributed by atoms with E-state index in [0.717, 1.165) is 6.42 Å². The highest BCUT2D eigenvalue weighted by Gasteiger charge is 1.91. The van der Waals surface area contributed by atoms with Gasteiger partial charge in [-0.25, -0.2) is 0 Å². The van der Waals surface area contributed by atoms with Crippen molar-refractivity contribution in [3.8, 4) is 0 Å². The van der Waals surface area contributed by atoms with Gasteiger partial charge in [-0.15, -0.1) is 6.58 Å². The van der Waals surface area contributed by atoms with Crippen molar-refractivity contribution in [2.24, 2.45) is 0 Å². The third-order valence-corrected chi connectivity index (χ3v) is 1.66. The fourth-order valence-electron chi connectivity index (χ4n) is 1.06. The summed E-state index contributed by atoms with van der Waals surface area (Å²) in [5.41, 5.74) is 2.63. The van der Waals surface area contributed by atoms with E-state index >= 15 is 0 Å². The topological polar surface area (TPSA) is 0 Å². The van der Waals surface area contributed by atoms with Gasteiger partial charge in [-0.1, -0.05) is 63.8 Å². The van der Waals surface area contributed by atoms with Crippen molar-refractivity contribution in [1.29, 1.82) is 0 Å². The van der Waals surface area contributed by atoms with Crippen LogP contribution in [0.1, 0.15) is 38.8 Å². The molecule has 0 radical (unpaired) electrons. The maximum absolute atomic E-state index is 3.74. The van der Waals surface area contributed by atoms with Gasteiger partial charge in [0.25, 0.3) is 0 Å². The van der Waals surface area contributed by atoms with E-state index in [1.165, 1.54) is 11.1 Å². The molecule has 15 heavy (non-hydrogen) atoms. The number of hydrogen-bond donors (Lipinski definition) is 0. The Hall–Kier alpha value is -1.30. The normalized spacial score (nSPS) is 7.47.